The van der Waals surface area contributed by atoms with Crippen LogP contribution in [0.1, 0.15) is 226 Å². The van der Waals surface area contributed by atoms with Crippen LogP contribution < -0.4 is 0 Å². The summed E-state index contributed by atoms with van der Waals surface area (Å²) in [5.74, 6) is -1.09. The number of esters is 3. The number of carbonyl (C=O) groups excluding carboxylic acids is 3. The molecule has 69 heavy (non-hydrogen) atoms. The zero-order valence-corrected chi connectivity index (χ0v) is 44.3. The van der Waals surface area contributed by atoms with Crippen LogP contribution in [0.2, 0.25) is 0 Å². The number of carbonyl (C=O) groups is 3. The Morgan fingerprint density at radius 2 is 0.609 bits per heavy atom. The van der Waals surface area contributed by atoms with E-state index in [-0.39, 0.29) is 50.4 Å². The SMILES string of the molecule is CC/C=C\C/C=C\C/C=C\C/C=C\C/C=C\CCCC(=O)OC[C@H](COC(=O)CC/C=C\C/C=C\C/C=C\C/C=C\C/C=C\CCCCC)OC(=O)CCCCCCC/C=C\CCCCCCCC. The highest BCUT2D eigenvalue weighted by molar-refractivity contribution is 5.71. The second kappa shape index (κ2) is 56.1. The summed E-state index contributed by atoms with van der Waals surface area (Å²) in [6.07, 6.45) is 78.8. The third-order valence-corrected chi connectivity index (χ3v) is 11.1. The lowest BCUT2D eigenvalue weighted by molar-refractivity contribution is -0.166. The Balaban J connectivity index is 4.62. The predicted molar refractivity (Wildman–Crippen MR) is 297 cm³/mol. The third-order valence-electron chi connectivity index (χ3n) is 11.1. The number of hydrogen-bond acceptors (Lipinski definition) is 6. The van der Waals surface area contributed by atoms with Crippen LogP contribution in [-0.2, 0) is 28.6 Å². The Hall–Kier alpha value is -4.45. The molecule has 0 aliphatic heterocycles. The fourth-order valence-electron chi connectivity index (χ4n) is 6.98. The topological polar surface area (TPSA) is 78.9 Å². The van der Waals surface area contributed by atoms with E-state index in [4.69, 9.17) is 14.2 Å². The Morgan fingerprint density at radius 1 is 0.304 bits per heavy atom. The van der Waals surface area contributed by atoms with Crippen LogP contribution in [0.3, 0.4) is 0 Å². The molecule has 0 saturated carbocycles. The lowest BCUT2D eigenvalue weighted by atomic mass is 10.1. The van der Waals surface area contributed by atoms with Crippen molar-refractivity contribution < 1.29 is 28.6 Å². The molecule has 0 radical (unpaired) electrons. The van der Waals surface area contributed by atoms with E-state index in [0.717, 1.165) is 96.3 Å². The van der Waals surface area contributed by atoms with Crippen molar-refractivity contribution in [2.45, 2.75) is 232 Å². The van der Waals surface area contributed by atoms with Crippen molar-refractivity contribution in [3.63, 3.8) is 0 Å². The summed E-state index contributed by atoms with van der Waals surface area (Å²) in [6.45, 7) is 6.36. The molecule has 0 rings (SSSR count). The smallest absolute Gasteiger partial charge is 0.306 e. The summed E-state index contributed by atoms with van der Waals surface area (Å²) in [7, 11) is 0. The first kappa shape index (κ1) is 64.5. The molecular formula is C63H100O6. The molecule has 0 saturated heterocycles. The van der Waals surface area contributed by atoms with Gasteiger partial charge >= 0.3 is 17.9 Å². The fraction of sp³-hybridized carbons (Fsp3) is 0.603. The first-order valence-electron chi connectivity index (χ1n) is 27.7. The number of allylic oxidation sites excluding steroid dienone is 22. The highest BCUT2D eigenvalue weighted by atomic mass is 16.6. The molecule has 388 valence electrons. The van der Waals surface area contributed by atoms with Crippen molar-refractivity contribution in [3.05, 3.63) is 134 Å². The Bertz CT molecular complexity index is 1510. The van der Waals surface area contributed by atoms with Crippen molar-refractivity contribution in [2.75, 3.05) is 13.2 Å². The van der Waals surface area contributed by atoms with Crippen LogP contribution in [0.4, 0.5) is 0 Å². The van der Waals surface area contributed by atoms with Crippen molar-refractivity contribution in [1.29, 1.82) is 0 Å². The van der Waals surface area contributed by atoms with Crippen molar-refractivity contribution in [2.24, 2.45) is 0 Å². The summed E-state index contributed by atoms with van der Waals surface area (Å²) in [6, 6.07) is 0. The van der Waals surface area contributed by atoms with Crippen molar-refractivity contribution >= 4 is 17.9 Å². The Kier molecular flexibility index (Phi) is 52.5. The highest BCUT2D eigenvalue weighted by Crippen LogP contribution is 2.12. The molecule has 0 aliphatic rings. The molecular weight excluding hydrogens is 853 g/mol. The molecule has 1 atom stereocenters. The maximum Gasteiger partial charge on any atom is 0.306 e. The Morgan fingerprint density at radius 3 is 1.06 bits per heavy atom. The molecule has 6 nitrogen and oxygen atoms in total. The first-order valence-corrected chi connectivity index (χ1v) is 27.7. The molecule has 0 N–H and O–H groups in total. The van der Waals surface area contributed by atoms with Crippen LogP contribution >= 0.6 is 0 Å². The van der Waals surface area contributed by atoms with Crippen LogP contribution in [0.15, 0.2) is 134 Å². The van der Waals surface area contributed by atoms with Gasteiger partial charge in [0.2, 0.25) is 0 Å². The van der Waals surface area contributed by atoms with Gasteiger partial charge in [-0.3, -0.25) is 14.4 Å². The third kappa shape index (κ3) is 54.4. The minimum Gasteiger partial charge on any atom is -0.462 e. The van der Waals surface area contributed by atoms with Gasteiger partial charge in [-0.05, 0) is 122 Å². The van der Waals surface area contributed by atoms with Crippen LogP contribution in [0.5, 0.6) is 0 Å². The normalized spacial score (nSPS) is 13.1. The summed E-state index contributed by atoms with van der Waals surface area (Å²) in [5.41, 5.74) is 0. The van der Waals surface area contributed by atoms with E-state index in [0.29, 0.717) is 12.8 Å². The molecule has 0 spiro atoms. The quantitative estimate of drug-likeness (QED) is 0.0262. The first-order chi connectivity index (χ1) is 34.0. The summed E-state index contributed by atoms with van der Waals surface area (Å²) in [5, 5.41) is 0. The highest BCUT2D eigenvalue weighted by Gasteiger charge is 2.19. The lowest BCUT2D eigenvalue weighted by Gasteiger charge is -2.18. The minimum atomic E-state index is -0.840. The number of rotatable bonds is 48. The molecule has 0 unspecified atom stereocenters. The molecule has 0 heterocycles. The Labute approximate surface area is 424 Å². The van der Waals surface area contributed by atoms with Gasteiger partial charge in [0.15, 0.2) is 6.10 Å². The maximum absolute atomic E-state index is 12.8. The van der Waals surface area contributed by atoms with Gasteiger partial charge in [-0.1, -0.05) is 219 Å². The summed E-state index contributed by atoms with van der Waals surface area (Å²) < 4.78 is 16.7. The largest absolute Gasteiger partial charge is 0.462 e. The van der Waals surface area contributed by atoms with E-state index in [1.165, 1.54) is 77.0 Å². The minimum absolute atomic E-state index is 0.138. The lowest BCUT2D eigenvalue weighted by Crippen LogP contribution is -2.30. The molecule has 0 aromatic rings. The molecule has 0 aliphatic carbocycles. The molecule has 0 fully saturated rings. The van der Waals surface area contributed by atoms with E-state index in [1.807, 2.05) is 12.2 Å². The van der Waals surface area contributed by atoms with E-state index in [2.05, 4.69) is 142 Å². The van der Waals surface area contributed by atoms with Crippen LogP contribution in [-0.4, -0.2) is 37.2 Å². The zero-order chi connectivity index (χ0) is 50.0. The van der Waals surface area contributed by atoms with Gasteiger partial charge in [0.1, 0.15) is 13.2 Å². The zero-order valence-electron chi connectivity index (χ0n) is 44.3. The van der Waals surface area contributed by atoms with Crippen molar-refractivity contribution in [3.8, 4) is 0 Å². The molecule has 0 aromatic heterocycles. The number of unbranched alkanes of at least 4 members (excludes halogenated alkanes) is 15. The van der Waals surface area contributed by atoms with Gasteiger partial charge in [0.05, 0.1) is 0 Å². The van der Waals surface area contributed by atoms with Gasteiger partial charge in [-0.15, -0.1) is 0 Å². The fourth-order valence-corrected chi connectivity index (χ4v) is 6.98. The van der Waals surface area contributed by atoms with Crippen molar-refractivity contribution in [1.82, 2.24) is 0 Å². The molecule has 0 aromatic carbocycles. The van der Waals surface area contributed by atoms with E-state index < -0.39 is 6.10 Å². The van der Waals surface area contributed by atoms with Crippen LogP contribution in [0, 0.1) is 0 Å². The van der Waals surface area contributed by atoms with Gasteiger partial charge in [-0.25, -0.2) is 0 Å². The van der Waals surface area contributed by atoms with Gasteiger partial charge in [-0.2, -0.15) is 0 Å². The van der Waals surface area contributed by atoms with Gasteiger partial charge in [0.25, 0.3) is 0 Å². The van der Waals surface area contributed by atoms with Crippen LogP contribution in [0.25, 0.3) is 0 Å². The molecule has 0 amide bonds. The van der Waals surface area contributed by atoms with Gasteiger partial charge in [0, 0.05) is 19.3 Å². The summed E-state index contributed by atoms with van der Waals surface area (Å²) >= 11 is 0. The molecule has 0 bridgehead atoms. The average Bonchev–Trinajstić information content (AvgIpc) is 3.35. The second-order valence-electron chi connectivity index (χ2n) is 17.7. The van der Waals surface area contributed by atoms with Gasteiger partial charge < -0.3 is 14.2 Å². The predicted octanol–water partition coefficient (Wildman–Crippen LogP) is 18.6. The number of ether oxygens (including phenoxy) is 3. The van der Waals surface area contributed by atoms with E-state index in [9.17, 15) is 14.4 Å². The second-order valence-corrected chi connectivity index (χ2v) is 17.7. The maximum atomic E-state index is 12.8. The van der Waals surface area contributed by atoms with E-state index >= 15 is 0 Å². The monoisotopic (exact) mass is 953 g/mol. The standard InChI is InChI=1S/C63H100O6/c1-4-7-10-13-16-19-22-25-28-30-31-33-36-38-41-44-47-50-53-56-62(65)68-59-60(69-63(66)57-54-51-48-45-42-39-34-27-24-21-18-15-12-9-6-3)58-67-61(64)55-52-49-46-43-40-37-35-32-29-26-23-20-17-14-11-8-5-2/h8,11,16-17,19-20,25-29,31,33-35,37-38,41,43,46-47,50,60H,4-7,9-10,12-15,18,21-24,30,32,36,39-40,42,44-45,48-49,51-59H2,1-3H3/b11-8-,19-16-,20-17-,28-25-,29-26-,33-31-,34-27-,37-35-,41-38-,46-43-,50-47-/t60-/m1/s1. The number of hydrogen-bond donors (Lipinski definition) is 0. The average molecular weight is 953 g/mol. The van der Waals surface area contributed by atoms with E-state index in [1.54, 1.807) is 0 Å². The summed E-state index contributed by atoms with van der Waals surface area (Å²) in [4.78, 5) is 38.1. The molecule has 6 heteroatoms.